The molecule has 0 aliphatic carbocycles. The van der Waals surface area contributed by atoms with Crippen LogP contribution >= 0.6 is 11.6 Å². The lowest BCUT2D eigenvalue weighted by atomic mass is 10.2. The Hall–Kier alpha value is -2.53. The van der Waals surface area contributed by atoms with E-state index in [9.17, 15) is 4.79 Å². The zero-order valence-electron chi connectivity index (χ0n) is 12.2. The van der Waals surface area contributed by atoms with Crippen molar-refractivity contribution >= 4 is 23.7 Å². The van der Waals surface area contributed by atoms with E-state index in [0.717, 1.165) is 5.56 Å². The number of carbonyl (C=O) groups excluding carboxylic acids is 1. The van der Waals surface area contributed by atoms with Gasteiger partial charge in [0.25, 0.3) is 5.91 Å². The first kappa shape index (κ1) is 15.9. The van der Waals surface area contributed by atoms with Crippen molar-refractivity contribution < 1.29 is 14.3 Å². The van der Waals surface area contributed by atoms with Gasteiger partial charge in [0, 0.05) is 16.1 Å². The zero-order valence-corrected chi connectivity index (χ0v) is 12.9. The number of ether oxygens (including phenoxy) is 2. The van der Waals surface area contributed by atoms with E-state index in [1.54, 1.807) is 30.3 Å². The van der Waals surface area contributed by atoms with Crippen molar-refractivity contribution in [2.24, 2.45) is 5.10 Å². The van der Waals surface area contributed by atoms with Crippen molar-refractivity contribution in [1.82, 2.24) is 5.43 Å². The maximum Gasteiger partial charge on any atom is 0.271 e. The zero-order chi connectivity index (χ0) is 15.9. The Morgan fingerprint density at radius 3 is 2.55 bits per heavy atom. The maximum atomic E-state index is 12.0. The van der Waals surface area contributed by atoms with Crippen LogP contribution in [0.15, 0.2) is 47.6 Å². The number of methoxy groups -OCH3 is 2. The molecule has 22 heavy (non-hydrogen) atoms. The van der Waals surface area contributed by atoms with Crippen LogP contribution in [0.3, 0.4) is 0 Å². The van der Waals surface area contributed by atoms with Crippen LogP contribution in [0.25, 0.3) is 0 Å². The average molecular weight is 319 g/mol. The van der Waals surface area contributed by atoms with Crippen molar-refractivity contribution in [2.75, 3.05) is 14.2 Å². The summed E-state index contributed by atoms with van der Waals surface area (Å²) in [6.45, 7) is 0. The van der Waals surface area contributed by atoms with E-state index >= 15 is 0 Å². The third-order valence-electron chi connectivity index (χ3n) is 2.92. The highest BCUT2D eigenvalue weighted by Gasteiger charge is 2.09. The second-order valence-corrected chi connectivity index (χ2v) is 4.70. The molecule has 0 aliphatic heterocycles. The standard InChI is InChI=1S/C16H15ClN2O3/c1-21-14-8-7-11(9-15(14)22-2)16(20)19-18-10-12-5-3-4-6-13(12)17/h3-10H,1-2H3,(H,19,20)/b18-10+. The van der Waals surface area contributed by atoms with Gasteiger partial charge in [-0.15, -0.1) is 0 Å². The monoisotopic (exact) mass is 318 g/mol. The molecule has 0 unspecified atom stereocenters. The fourth-order valence-electron chi connectivity index (χ4n) is 1.78. The summed E-state index contributed by atoms with van der Waals surface area (Å²) < 4.78 is 10.3. The SMILES string of the molecule is COc1ccc(C(=O)N/N=C/c2ccccc2Cl)cc1OC. The van der Waals surface area contributed by atoms with Gasteiger partial charge in [0.05, 0.1) is 20.4 Å². The molecule has 2 aromatic carbocycles. The van der Waals surface area contributed by atoms with Gasteiger partial charge in [-0.2, -0.15) is 5.10 Å². The van der Waals surface area contributed by atoms with E-state index in [-0.39, 0.29) is 5.91 Å². The van der Waals surface area contributed by atoms with Gasteiger partial charge in [0.2, 0.25) is 0 Å². The molecular formula is C16H15ClN2O3. The van der Waals surface area contributed by atoms with Crippen molar-refractivity contribution in [3.05, 3.63) is 58.6 Å². The molecule has 0 spiro atoms. The van der Waals surface area contributed by atoms with Crippen LogP contribution in [0.1, 0.15) is 15.9 Å². The van der Waals surface area contributed by atoms with E-state index in [0.29, 0.717) is 22.1 Å². The molecule has 2 rings (SSSR count). The van der Waals surface area contributed by atoms with Gasteiger partial charge in [-0.05, 0) is 24.3 Å². The first-order chi connectivity index (χ1) is 10.7. The number of hydrazone groups is 1. The number of nitrogens with zero attached hydrogens (tertiary/aromatic N) is 1. The van der Waals surface area contributed by atoms with Crippen molar-refractivity contribution in [1.29, 1.82) is 0 Å². The van der Waals surface area contributed by atoms with Crippen LogP contribution in [-0.2, 0) is 0 Å². The van der Waals surface area contributed by atoms with Crippen molar-refractivity contribution in [3.63, 3.8) is 0 Å². The summed E-state index contributed by atoms with van der Waals surface area (Å²) >= 11 is 6.00. The van der Waals surface area contributed by atoms with Gasteiger partial charge in [0.15, 0.2) is 11.5 Å². The first-order valence-electron chi connectivity index (χ1n) is 6.45. The molecule has 6 heteroatoms. The third-order valence-corrected chi connectivity index (χ3v) is 3.26. The molecule has 1 N–H and O–H groups in total. The highest BCUT2D eigenvalue weighted by Crippen LogP contribution is 2.27. The molecule has 0 radical (unpaired) electrons. The van der Waals surface area contributed by atoms with Crippen molar-refractivity contribution in [2.45, 2.75) is 0 Å². The molecule has 0 saturated carbocycles. The Bertz CT molecular complexity index is 702. The molecule has 0 heterocycles. The van der Waals surface area contributed by atoms with Crippen LogP contribution in [0.2, 0.25) is 5.02 Å². The smallest absolute Gasteiger partial charge is 0.271 e. The van der Waals surface area contributed by atoms with E-state index in [2.05, 4.69) is 10.5 Å². The lowest BCUT2D eigenvalue weighted by Crippen LogP contribution is -2.17. The fraction of sp³-hybridized carbons (Fsp3) is 0.125. The highest BCUT2D eigenvalue weighted by atomic mass is 35.5. The van der Waals surface area contributed by atoms with Crippen molar-refractivity contribution in [3.8, 4) is 11.5 Å². The van der Waals surface area contributed by atoms with Gasteiger partial charge in [0.1, 0.15) is 0 Å². The second kappa shape index (κ2) is 7.47. The highest BCUT2D eigenvalue weighted by molar-refractivity contribution is 6.33. The maximum absolute atomic E-state index is 12.0. The largest absolute Gasteiger partial charge is 0.493 e. The molecule has 1 amide bonds. The minimum atomic E-state index is -0.357. The first-order valence-corrected chi connectivity index (χ1v) is 6.83. The summed E-state index contributed by atoms with van der Waals surface area (Å²) in [7, 11) is 3.04. The lowest BCUT2D eigenvalue weighted by molar-refractivity contribution is 0.0954. The van der Waals surface area contributed by atoms with Crippen LogP contribution < -0.4 is 14.9 Å². The molecule has 0 aliphatic rings. The summed E-state index contributed by atoms with van der Waals surface area (Å²) in [5.74, 6) is 0.674. The minimum Gasteiger partial charge on any atom is -0.493 e. The predicted molar refractivity (Wildman–Crippen MR) is 86.1 cm³/mol. The number of carbonyl (C=O) groups is 1. The molecule has 2 aromatic rings. The summed E-state index contributed by atoms with van der Waals surface area (Å²) in [6.07, 6.45) is 1.49. The Labute approximate surface area is 133 Å². The molecule has 0 fully saturated rings. The van der Waals surface area contributed by atoms with E-state index in [4.69, 9.17) is 21.1 Å². The molecule has 5 nitrogen and oxygen atoms in total. The van der Waals surface area contributed by atoms with Gasteiger partial charge in [-0.3, -0.25) is 4.79 Å². The van der Waals surface area contributed by atoms with Crippen LogP contribution in [-0.4, -0.2) is 26.3 Å². The lowest BCUT2D eigenvalue weighted by Gasteiger charge is -2.08. The van der Waals surface area contributed by atoms with Gasteiger partial charge >= 0.3 is 0 Å². The Kier molecular flexibility index (Phi) is 5.38. The van der Waals surface area contributed by atoms with Crippen LogP contribution in [0.5, 0.6) is 11.5 Å². The quantitative estimate of drug-likeness (QED) is 0.680. The number of hydrogen-bond acceptors (Lipinski definition) is 4. The molecule has 114 valence electrons. The fourth-order valence-corrected chi connectivity index (χ4v) is 1.97. The molecular weight excluding hydrogens is 304 g/mol. The molecule has 0 aromatic heterocycles. The molecule has 0 saturated heterocycles. The van der Waals surface area contributed by atoms with Gasteiger partial charge in [-0.25, -0.2) is 5.43 Å². The minimum absolute atomic E-state index is 0.357. The number of hydrogen-bond donors (Lipinski definition) is 1. The molecule has 0 bridgehead atoms. The van der Waals surface area contributed by atoms with E-state index in [1.165, 1.54) is 20.4 Å². The summed E-state index contributed by atoms with van der Waals surface area (Å²) in [5, 5.41) is 4.46. The normalized spacial score (nSPS) is 10.5. The van der Waals surface area contributed by atoms with Gasteiger partial charge < -0.3 is 9.47 Å². The van der Waals surface area contributed by atoms with Crippen LogP contribution in [0, 0.1) is 0 Å². The average Bonchev–Trinajstić information content (AvgIpc) is 2.55. The number of rotatable bonds is 5. The predicted octanol–water partition coefficient (Wildman–Crippen LogP) is 3.12. The number of amides is 1. The Balaban J connectivity index is 2.08. The summed E-state index contributed by atoms with van der Waals surface area (Å²) in [5.41, 5.74) is 3.57. The second-order valence-electron chi connectivity index (χ2n) is 4.29. The Morgan fingerprint density at radius 2 is 1.86 bits per heavy atom. The molecule has 0 atom stereocenters. The van der Waals surface area contributed by atoms with E-state index in [1.807, 2.05) is 12.1 Å². The van der Waals surface area contributed by atoms with Gasteiger partial charge in [-0.1, -0.05) is 29.8 Å². The number of nitrogens with one attached hydrogen (secondary N) is 1. The number of benzene rings is 2. The summed E-state index contributed by atoms with van der Waals surface area (Å²) in [4.78, 5) is 12.0. The summed E-state index contributed by atoms with van der Waals surface area (Å²) in [6, 6.07) is 12.1. The van der Waals surface area contributed by atoms with E-state index < -0.39 is 0 Å². The third kappa shape index (κ3) is 3.77. The topological polar surface area (TPSA) is 59.9 Å². The van der Waals surface area contributed by atoms with Crippen LogP contribution in [0.4, 0.5) is 0 Å². The Morgan fingerprint density at radius 1 is 1.14 bits per heavy atom. The number of halogens is 1.